The third kappa shape index (κ3) is 4.22. The molecule has 0 spiro atoms. The Labute approximate surface area is 112 Å². The standard InChI is InChI=1S/C15H30N2O/c1-2-7-15(8-5-9-16-12-15)13-17-11-14-6-3-4-10-18-14/h14,16-17H,2-13H2,1H3. The fraction of sp³-hybridized carbons (Fsp3) is 1.00. The van der Waals surface area contributed by atoms with Crippen LogP contribution >= 0.6 is 0 Å². The van der Waals surface area contributed by atoms with Crippen molar-refractivity contribution >= 4 is 0 Å². The summed E-state index contributed by atoms with van der Waals surface area (Å²) in [4.78, 5) is 0. The van der Waals surface area contributed by atoms with Crippen molar-refractivity contribution in [3.05, 3.63) is 0 Å². The van der Waals surface area contributed by atoms with E-state index >= 15 is 0 Å². The predicted octanol–water partition coefficient (Wildman–Crippen LogP) is 2.32. The van der Waals surface area contributed by atoms with Gasteiger partial charge in [-0.25, -0.2) is 0 Å². The van der Waals surface area contributed by atoms with E-state index in [-0.39, 0.29) is 0 Å². The molecule has 3 heteroatoms. The Kier molecular flexibility index (Phi) is 5.93. The maximum Gasteiger partial charge on any atom is 0.0699 e. The first-order valence-electron chi connectivity index (χ1n) is 7.88. The summed E-state index contributed by atoms with van der Waals surface area (Å²) in [7, 11) is 0. The van der Waals surface area contributed by atoms with Gasteiger partial charge in [0.1, 0.15) is 0 Å². The molecular weight excluding hydrogens is 224 g/mol. The minimum Gasteiger partial charge on any atom is -0.377 e. The van der Waals surface area contributed by atoms with Crippen LogP contribution in [-0.4, -0.2) is 38.9 Å². The lowest BCUT2D eigenvalue weighted by molar-refractivity contribution is 0.0146. The molecule has 0 aromatic heterocycles. The number of hydrogen-bond acceptors (Lipinski definition) is 3. The molecule has 2 heterocycles. The van der Waals surface area contributed by atoms with Crippen LogP contribution in [0.25, 0.3) is 0 Å². The summed E-state index contributed by atoms with van der Waals surface area (Å²) in [5.74, 6) is 0. The summed E-state index contributed by atoms with van der Waals surface area (Å²) in [6, 6.07) is 0. The van der Waals surface area contributed by atoms with Gasteiger partial charge < -0.3 is 15.4 Å². The molecule has 0 aromatic rings. The van der Waals surface area contributed by atoms with E-state index in [1.165, 1.54) is 58.0 Å². The molecule has 2 N–H and O–H groups in total. The van der Waals surface area contributed by atoms with E-state index in [0.717, 1.165) is 19.7 Å². The van der Waals surface area contributed by atoms with Gasteiger partial charge in [0, 0.05) is 26.2 Å². The van der Waals surface area contributed by atoms with Crippen LogP contribution < -0.4 is 10.6 Å². The first-order chi connectivity index (χ1) is 8.85. The molecule has 2 rings (SSSR count). The molecule has 0 saturated carbocycles. The van der Waals surface area contributed by atoms with Gasteiger partial charge in [0.2, 0.25) is 0 Å². The van der Waals surface area contributed by atoms with Gasteiger partial charge in [-0.2, -0.15) is 0 Å². The summed E-state index contributed by atoms with van der Waals surface area (Å²) in [5.41, 5.74) is 0.502. The average molecular weight is 254 g/mol. The minimum atomic E-state index is 0.467. The zero-order chi connectivity index (χ0) is 12.7. The summed E-state index contributed by atoms with van der Waals surface area (Å²) in [6.07, 6.45) is 9.66. The normalized spacial score (nSPS) is 33.5. The first-order valence-corrected chi connectivity index (χ1v) is 7.88. The van der Waals surface area contributed by atoms with Crippen LogP contribution in [0.4, 0.5) is 0 Å². The molecule has 0 aliphatic carbocycles. The van der Waals surface area contributed by atoms with E-state index in [0.29, 0.717) is 11.5 Å². The van der Waals surface area contributed by atoms with Gasteiger partial charge in [0.05, 0.1) is 6.10 Å². The van der Waals surface area contributed by atoms with Gasteiger partial charge >= 0.3 is 0 Å². The molecule has 2 aliphatic heterocycles. The van der Waals surface area contributed by atoms with Crippen molar-refractivity contribution in [2.24, 2.45) is 5.41 Å². The van der Waals surface area contributed by atoms with Crippen molar-refractivity contribution in [2.45, 2.75) is 58.0 Å². The molecule has 2 saturated heterocycles. The van der Waals surface area contributed by atoms with Crippen molar-refractivity contribution in [2.75, 3.05) is 32.8 Å². The van der Waals surface area contributed by atoms with Crippen molar-refractivity contribution in [3.63, 3.8) is 0 Å². The van der Waals surface area contributed by atoms with Crippen LogP contribution in [0.1, 0.15) is 51.9 Å². The zero-order valence-corrected chi connectivity index (χ0v) is 12.0. The maximum atomic E-state index is 5.78. The quantitative estimate of drug-likeness (QED) is 0.763. The van der Waals surface area contributed by atoms with Gasteiger partial charge in [-0.1, -0.05) is 13.3 Å². The number of nitrogens with one attached hydrogen (secondary N) is 2. The highest BCUT2D eigenvalue weighted by molar-refractivity contribution is 4.87. The Morgan fingerprint density at radius 3 is 2.94 bits per heavy atom. The van der Waals surface area contributed by atoms with Crippen LogP contribution in [0.2, 0.25) is 0 Å². The highest BCUT2D eigenvalue weighted by Crippen LogP contribution is 2.30. The summed E-state index contributed by atoms with van der Waals surface area (Å²) < 4.78 is 5.78. The second-order valence-electron chi connectivity index (χ2n) is 6.15. The molecule has 0 radical (unpaired) electrons. The molecular formula is C15H30N2O. The SMILES string of the molecule is CCCC1(CNCC2CCCCO2)CCCNC1. The second kappa shape index (κ2) is 7.46. The monoisotopic (exact) mass is 254 g/mol. The molecule has 2 fully saturated rings. The highest BCUT2D eigenvalue weighted by Gasteiger charge is 2.30. The van der Waals surface area contributed by atoms with Crippen LogP contribution in [0, 0.1) is 5.41 Å². The minimum absolute atomic E-state index is 0.467. The van der Waals surface area contributed by atoms with Crippen LogP contribution in [-0.2, 0) is 4.74 Å². The highest BCUT2D eigenvalue weighted by atomic mass is 16.5. The van der Waals surface area contributed by atoms with Crippen molar-refractivity contribution < 1.29 is 4.74 Å². The fourth-order valence-corrected chi connectivity index (χ4v) is 3.48. The molecule has 2 unspecified atom stereocenters. The van der Waals surface area contributed by atoms with Crippen molar-refractivity contribution in [1.29, 1.82) is 0 Å². The molecule has 0 aromatic carbocycles. The van der Waals surface area contributed by atoms with E-state index in [1.807, 2.05) is 0 Å². The number of ether oxygens (including phenoxy) is 1. The largest absolute Gasteiger partial charge is 0.377 e. The lowest BCUT2D eigenvalue weighted by Crippen LogP contribution is -2.47. The van der Waals surface area contributed by atoms with E-state index < -0.39 is 0 Å². The van der Waals surface area contributed by atoms with Gasteiger partial charge in [-0.15, -0.1) is 0 Å². The summed E-state index contributed by atoms with van der Waals surface area (Å²) >= 11 is 0. The topological polar surface area (TPSA) is 33.3 Å². The summed E-state index contributed by atoms with van der Waals surface area (Å²) in [5, 5.41) is 7.26. The van der Waals surface area contributed by atoms with E-state index in [1.54, 1.807) is 0 Å². The molecule has 0 bridgehead atoms. The third-order valence-corrected chi connectivity index (χ3v) is 4.49. The van der Waals surface area contributed by atoms with Gasteiger partial charge in [-0.3, -0.25) is 0 Å². The first kappa shape index (κ1) is 14.3. The van der Waals surface area contributed by atoms with Gasteiger partial charge in [0.25, 0.3) is 0 Å². The number of rotatable bonds is 6. The average Bonchev–Trinajstić information content (AvgIpc) is 2.41. The molecule has 18 heavy (non-hydrogen) atoms. The number of hydrogen-bond donors (Lipinski definition) is 2. The van der Waals surface area contributed by atoms with E-state index in [4.69, 9.17) is 4.74 Å². The Hall–Kier alpha value is -0.120. The van der Waals surface area contributed by atoms with Gasteiger partial charge in [-0.05, 0) is 50.5 Å². The van der Waals surface area contributed by atoms with Gasteiger partial charge in [0.15, 0.2) is 0 Å². The van der Waals surface area contributed by atoms with E-state index in [9.17, 15) is 0 Å². The van der Waals surface area contributed by atoms with Crippen LogP contribution in [0.5, 0.6) is 0 Å². The molecule has 0 amide bonds. The van der Waals surface area contributed by atoms with Crippen LogP contribution in [0.3, 0.4) is 0 Å². The Bertz CT molecular complexity index is 215. The maximum absolute atomic E-state index is 5.78. The zero-order valence-electron chi connectivity index (χ0n) is 12.0. The Morgan fingerprint density at radius 1 is 1.33 bits per heavy atom. The van der Waals surface area contributed by atoms with Crippen molar-refractivity contribution in [1.82, 2.24) is 10.6 Å². The van der Waals surface area contributed by atoms with E-state index in [2.05, 4.69) is 17.6 Å². The van der Waals surface area contributed by atoms with Crippen LogP contribution in [0.15, 0.2) is 0 Å². The molecule has 106 valence electrons. The molecule has 2 aliphatic rings. The van der Waals surface area contributed by atoms with Crippen molar-refractivity contribution in [3.8, 4) is 0 Å². The summed E-state index contributed by atoms with van der Waals surface area (Å²) in [6.45, 7) is 7.88. The molecule has 3 nitrogen and oxygen atoms in total. The Balaban J connectivity index is 1.71. The fourth-order valence-electron chi connectivity index (χ4n) is 3.48. The Morgan fingerprint density at radius 2 is 2.28 bits per heavy atom. The number of piperidine rings is 1. The second-order valence-corrected chi connectivity index (χ2v) is 6.15. The lowest BCUT2D eigenvalue weighted by atomic mass is 9.77. The third-order valence-electron chi connectivity index (χ3n) is 4.49. The predicted molar refractivity (Wildman–Crippen MR) is 75.9 cm³/mol. The molecule has 2 atom stereocenters. The lowest BCUT2D eigenvalue weighted by Gasteiger charge is -2.38. The smallest absolute Gasteiger partial charge is 0.0699 e.